The van der Waals surface area contributed by atoms with E-state index in [9.17, 15) is 0 Å². The van der Waals surface area contributed by atoms with Crippen molar-refractivity contribution in [3.05, 3.63) is 27.1 Å². The van der Waals surface area contributed by atoms with Crippen molar-refractivity contribution in [2.75, 3.05) is 0 Å². The number of hydrogen-bond donors (Lipinski definition) is 0. The van der Waals surface area contributed by atoms with Crippen molar-refractivity contribution in [2.24, 2.45) is 0 Å². The van der Waals surface area contributed by atoms with E-state index in [1.165, 1.54) is 0 Å². The molecule has 0 unspecified atom stereocenters. The monoisotopic (exact) mass is 247 g/mol. The molecule has 0 aliphatic carbocycles. The van der Waals surface area contributed by atoms with Crippen molar-refractivity contribution in [2.45, 2.75) is 0 Å². The van der Waals surface area contributed by atoms with Gasteiger partial charge in [0, 0.05) is 6.20 Å². The Balaban J connectivity index is 2.93. The Hall–Kier alpha value is -0.120. The third-order valence-electron chi connectivity index (χ3n) is 1.37. The minimum Gasteiger partial charge on any atom is -0.254 e. The lowest BCUT2D eigenvalue weighted by Crippen LogP contribution is -1.74. The van der Waals surface area contributed by atoms with E-state index in [2.05, 4.69) is 20.9 Å². The van der Waals surface area contributed by atoms with Gasteiger partial charge in [0.05, 0.1) is 19.7 Å². The van der Waals surface area contributed by atoms with E-state index in [1.54, 1.807) is 17.5 Å². The first-order valence-electron chi connectivity index (χ1n) is 2.96. The fraction of sp³-hybridized carbons (Fsp3) is 0. The van der Waals surface area contributed by atoms with Crippen LogP contribution in [0.4, 0.5) is 0 Å². The van der Waals surface area contributed by atoms with E-state index >= 15 is 0 Å². The summed E-state index contributed by atoms with van der Waals surface area (Å²) in [7, 11) is 0. The van der Waals surface area contributed by atoms with Gasteiger partial charge in [0.2, 0.25) is 0 Å². The number of fused-ring (bicyclic) bond motifs is 1. The van der Waals surface area contributed by atoms with Crippen LogP contribution in [0, 0.1) is 0 Å². The highest BCUT2D eigenvalue weighted by molar-refractivity contribution is 9.10. The first-order chi connectivity index (χ1) is 5.29. The van der Waals surface area contributed by atoms with Crippen LogP contribution < -0.4 is 0 Å². The minimum atomic E-state index is 0.755. The molecule has 0 bridgehead atoms. The number of aromatic nitrogens is 1. The highest BCUT2D eigenvalue weighted by Gasteiger charge is 2.04. The minimum absolute atomic E-state index is 0.755. The number of thiophene rings is 1. The second-order valence-electron chi connectivity index (χ2n) is 2.06. The Kier molecular flexibility index (Phi) is 1.87. The lowest BCUT2D eigenvalue weighted by atomic mass is 10.4. The summed E-state index contributed by atoms with van der Waals surface area (Å²) in [4.78, 5) is 4.18. The van der Waals surface area contributed by atoms with Crippen LogP contribution in [0.25, 0.3) is 10.2 Å². The van der Waals surface area contributed by atoms with Crippen LogP contribution in [0.3, 0.4) is 0 Å². The quantitative estimate of drug-likeness (QED) is 0.692. The molecule has 11 heavy (non-hydrogen) atoms. The highest BCUT2D eigenvalue weighted by Crippen LogP contribution is 2.32. The summed E-state index contributed by atoms with van der Waals surface area (Å²) in [6, 6.07) is 1.96. The number of halogens is 2. The fourth-order valence-corrected chi connectivity index (χ4v) is 2.36. The summed E-state index contributed by atoms with van der Waals surface area (Å²) in [5.74, 6) is 0. The molecule has 0 saturated heterocycles. The molecule has 2 aromatic heterocycles. The van der Waals surface area contributed by atoms with Gasteiger partial charge in [-0.05, 0) is 27.4 Å². The zero-order valence-corrected chi connectivity index (χ0v) is 8.50. The lowest BCUT2D eigenvalue weighted by Gasteiger charge is -1.94. The van der Waals surface area contributed by atoms with Gasteiger partial charge in [-0.3, -0.25) is 4.98 Å². The molecule has 0 fully saturated rings. The molecule has 0 atom stereocenters. The summed E-state index contributed by atoms with van der Waals surface area (Å²) < 4.78 is 1.90. The molecule has 0 saturated carbocycles. The molecule has 0 aliphatic heterocycles. The van der Waals surface area contributed by atoms with Crippen LogP contribution in [0.2, 0.25) is 5.02 Å². The summed E-state index contributed by atoms with van der Waals surface area (Å²) in [5, 5.41) is 2.74. The average Bonchev–Trinajstić information content (AvgIpc) is 2.45. The van der Waals surface area contributed by atoms with Crippen LogP contribution in [0.5, 0.6) is 0 Å². The number of pyridine rings is 1. The molecular weight excluding hydrogens is 246 g/mol. The highest BCUT2D eigenvalue weighted by atomic mass is 79.9. The van der Waals surface area contributed by atoms with Gasteiger partial charge in [-0.1, -0.05) is 11.6 Å². The van der Waals surface area contributed by atoms with Gasteiger partial charge in [0.15, 0.2) is 0 Å². The largest absolute Gasteiger partial charge is 0.254 e. The lowest BCUT2D eigenvalue weighted by molar-refractivity contribution is 1.40. The Morgan fingerprint density at radius 1 is 1.55 bits per heavy atom. The zero-order valence-electron chi connectivity index (χ0n) is 5.34. The third kappa shape index (κ3) is 1.17. The Bertz CT molecular complexity index is 398. The van der Waals surface area contributed by atoms with Gasteiger partial charge in [-0.15, -0.1) is 11.3 Å². The Morgan fingerprint density at radius 2 is 2.36 bits per heavy atom. The topological polar surface area (TPSA) is 12.9 Å². The average molecular weight is 249 g/mol. The van der Waals surface area contributed by atoms with Crippen LogP contribution >= 0.6 is 38.9 Å². The fourth-order valence-electron chi connectivity index (χ4n) is 0.860. The summed E-state index contributed by atoms with van der Waals surface area (Å²) >= 11 is 10.9. The molecule has 4 heteroatoms. The second kappa shape index (κ2) is 2.73. The number of rotatable bonds is 0. The van der Waals surface area contributed by atoms with Crippen LogP contribution in [-0.4, -0.2) is 4.98 Å². The normalized spacial score (nSPS) is 10.7. The zero-order chi connectivity index (χ0) is 7.84. The molecule has 0 N–H and O–H groups in total. The molecule has 1 nitrogen and oxygen atoms in total. The molecule has 0 spiro atoms. The molecule has 56 valence electrons. The van der Waals surface area contributed by atoms with E-state index in [1.807, 2.05) is 11.4 Å². The third-order valence-corrected chi connectivity index (χ3v) is 3.63. The molecule has 0 radical (unpaired) electrons. The number of hydrogen-bond acceptors (Lipinski definition) is 2. The van der Waals surface area contributed by atoms with Gasteiger partial charge in [0.25, 0.3) is 0 Å². The van der Waals surface area contributed by atoms with E-state index in [0.717, 1.165) is 19.7 Å². The molecule has 0 aromatic carbocycles. The molecule has 0 aliphatic rings. The first kappa shape index (κ1) is 7.53. The van der Waals surface area contributed by atoms with Crippen molar-refractivity contribution in [1.82, 2.24) is 4.98 Å². The van der Waals surface area contributed by atoms with Gasteiger partial charge < -0.3 is 0 Å². The van der Waals surface area contributed by atoms with E-state index in [0.29, 0.717) is 0 Å². The van der Waals surface area contributed by atoms with E-state index < -0.39 is 0 Å². The van der Waals surface area contributed by atoms with E-state index in [-0.39, 0.29) is 0 Å². The molecule has 0 amide bonds. The SMILES string of the molecule is Clc1c(Br)cnc2ccsc12. The molecule has 2 heterocycles. The molecular formula is C7H3BrClNS. The summed E-state index contributed by atoms with van der Waals surface area (Å²) in [5.41, 5.74) is 0.961. The van der Waals surface area contributed by atoms with Crippen LogP contribution in [-0.2, 0) is 0 Å². The molecule has 2 aromatic rings. The second-order valence-corrected chi connectivity index (χ2v) is 4.20. The van der Waals surface area contributed by atoms with Gasteiger partial charge >= 0.3 is 0 Å². The van der Waals surface area contributed by atoms with Gasteiger partial charge in [-0.25, -0.2) is 0 Å². The van der Waals surface area contributed by atoms with Crippen molar-refractivity contribution in [3.63, 3.8) is 0 Å². The van der Waals surface area contributed by atoms with Gasteiger partial charge in [0.1, 0.15) is 0 Å². The predicted octanol–water partition coefficient (Wildman–Crippen LogP) is 3.71. The summed E-state index contributed by atoms with van der Waals surface area (Å²) in [6.07, 6.45) is 1.72. The number of nitrogens with zero attached hydrogens (tertiary/aromatic N) is 1. The van der Waals surface area contributed by atoms with Gasteiger partial charge in [-0.2, -0.15) is 0 Å². The maximum atomic E-state index is 5.99. The van der Waals surface area contributed by atoms with E-state index in [4.69, 9.17) is 11.6 Å². The predicted molar refractivity (Wildman–Crippen MR) is 52.3 cm³/mol. The maximum Gasteiger partial charge on any atom is 0.0825 e. The first-order valence-corrected chi connectivity index (χ1v) is 5.01. The standard InChI is InChI=1S/C7H3BrClNS/c8-4-3-10-5-1-2-11-7(5)6(4)9/h1-3H. The maximum absolute atomic E-state index is 5.99. The Morgan fingerprint density at radius 3 is 3.18 bits per heavy atom. The van der Waals surface area contributed by atoms with Crippen molar-refractivity contribution in [3.8, 4) is 0 Å². The van der Waals surface area contributed by atoms with Crippen molar-refractivity contribution < 1.29 is 0 Å². The van der Waals surface area contributed by atoms with Crippen LogP contribution in [0.1, 0.15) is 0 Å². The summed E-state index contributed by atoms with van der Waals surface area (Å²) in [6.45, 7) is 0. The Labute approximate surface area is 81.1 Å². The van der Waals surface area contributed by atoms with Crippen molar-refractivity contribution in [1.29, 1.82) is 0 Å². The van der Waals surface area contributed by atoms with Crippen molar-refractivity contribution >= 4 is 49.1 Å². The smallest absolute Gasteiger partial charge is 0.0825 e. The molecule has 2 rings (SSSR count). The van der Waals surface area contributed by atoms with Crippen LogP contribution in [0.15, 0.2) is 22.1 Å².